The first-order valence-corrected chi connectivity index (χ1v) is 8.30. The lowest BCUT2D eigenvalue weighted by Crippen LogP contribution is -2.28. The first kappa shape index (κ1) is 19.3. The van der Waals surface area contributed by atoms with E-state index in [0.29, 0.717) is 0 Å². The second-order valence-electron chi connectivity index (χ2n) is 4.63. The number of rotatable bonds is 3. The van der Waals surface area contributed by atoms with Gasteiger partial charge in [-0.3, -0.25) is 0 Å². The fourth-order valence-electron chi connectivity index (χ4n) is 2.11. The summed E-state index contributed by atoms with van der Waals surface area (Å²) in [5.74, 6) is -3.37. The van der Waals surface area contributed by atoms with Crippen LogP contribution in [0.5, 0.6) is 0 Å². The molecule has 1 heterocycles. The summed E-state index contributed by atoms with van der Waals surface area (Å²) in [5.41, 5.74) is -0.794. The first-order valence-electron chi connectivity index (χ1n) is 6.71. The van der Waals surface area contributed by atoms with Crippen molar-refractivity contribution in [3.8, 4) is 0 Å². The van der Waals surface area contributed by atoms with Crippen LogP contribution in [0.25, 0.3) is 0 Å². The number of ether oxygens (including phenoxy) is 2. The molecule has 0 N–H and O–H groups in total. The van der Waals surface area contributed by atoms with Crippen LogP contribution < -0.4 is 4.90 Å². The van der Waals surface area contributed by atoms with Gasteiger partial charge in [0.2, 0.25) is 0 Å². The van der Waals surface area contributed by atoms with Gasteiger partial charge in [-0.05, 0) is 50.1 Å². The minimum atomic E-state index is -0.925. The molecule has 9 heteroatoms. The first-order chi connectivity index (χ1) is 11.8. The highest BCUT2D eigenvalue weighted by Crippen LogP contribution is 2.39. The molecule has 0 bridgehead atoms. The summed E-state index contributed by atoms with van der Waals surface area (Å²) in [6.45, 7) is 0. The minimum Gasteiger partial charge on any atom is -0.465 e. The largest absolute Gasteiger partial charge is 0.465 e. The van der Waals surface area contributed by atoms with Gasteiger partial charge in [0.25, 0.3) is 0 Å². The number of carbonyl (C=O) groups is 2. The van der Waals surface area contributed by atoms with E-state index in [-0.39, 0.29) is 25.9 Å². The SMILES string of the molecule is COC(=O)C1=C(C(=O)OC)N(c2c(F)cc(Br)c(F)c2Br)C=CC=C1. The van der Waals surface area contributed by atoms with Crippen LogP contribution in [0.3, 0.4) is 0 Å². The van der Waals surface area contributed by atoms with Gasteiger partial charge in [-0.2, -0.15) is 0 Å². The molecule has 0 saturated carbocycles. The fourth-order valence-corrected chi connectivity index (χ4v) is 3.37. The number of halogens is 4. The average molecular weight is 479 g/mol. The molecule has 0 amide bonds. The van der Waals surface area contributed by atoms with Crippen LogP contribution in [-0.2, 0) is 19.1 Å². The van der Waals surface area contributed by atoms with E-state index in [2.05, 4.69) is 36.6 Å². The summed E-state index contributed by atoms with van der Waals surface area (Å²) in [7, 11) is 2.24. The minimum absolute atomic E-state index is 0.102. The average Bonchev–Trinajstić information content (AvgIpc) is 2.81. The molecule has 1 aromatic rings. The Morgan fingerprint density at radius 3 is 2.32 bits per heavy atom. The third kappa shape index (κ3) is 3.67. The summed E-state index contributed by atoms with van der Waals surface area (Å²) in [6, 6.07) is 0.911. The maximum absolute atomic E-state index is 14.5. The zero-order chi connectivity index (χ0) is 18.7. The Kier molecular flexibility index (Phi) is 6.12. The van der Waals surface area contributed by atoms with Crippen LogP contribution >= 0.6 is 31.9 Å². The summed E-state index contributed by atoms with van der Waals surface area (Å²) in [6.07, 6.45) is 5.52. The van der Waals surface area contributed by atoms with Crippen LogP contribution in [0.15, 0.2) is 50.7 Å². The van der Waals surface area contributed by atoms with Gasteiger partial charge in [0.05, 0.1) is 34.4 Å². The number of anilines is 1. The number of methoxy groups -OCH3 is 2. The fraction of sp³-hybridized carbons (Fsp3) is 0.125. The van der Waals surface area contributed by atoms with Gasteiger partial charge in [-0.1, -0.05) is 6.08 Å². The van der Waals surface area contributed by atoms with Crippen LogP contribution in [-0.4, -0.2) is 26.2 Å². The predicted molar refractivity (Wildman–Crippen MR) is 93.6 cm³/mol. The standard InChI is InChI=1S/C16H11Br2F2NO4/c1-24-15(22)8-5-3-4-6-21(13(8)16(23)25-2)14-10(19)7-9(17)12(20)11(14)18/h3-7H,1-2H3. The second-order valence-corrected chi connectivity index (χ2v) is 6.28. The molecule has 1 aliphatic rings. The van der Waals surface area contributed by atoms with E-state index in [9.17, 15) is 18.4 Å². The normalized spacial score (nSPS) is 13.8. The van der Waals surface area contributed by atoms with E-state index >= 15 is 0 Å². The van der Waals surface area contributed by atoms with Crippen molar-refractivity contribution in [2.45, 2.75) is 0 Å². The van der Waals surface area contributed by atoms with Gasteiger partial charge < -0.3 is 14.4 Å². The molecule has 0 aromatic heterocycles. The Morgan fingerprint density at radius 1 is 1.08 bits per heavy atom. The van der Waals surface area contributed by atoms with Crippen molar-refractivity contribution in [2.75, 3.05) is 19.1 Å². The summed E-state index contributed by atoms with van der Waals surface area (Å²) < 4.78 is 37.8. The Morgan fingerprint density at radius 2 is 1.72 bits per heavy atom. The lowest BCUT2D eigenvalue weighted by molar-refractivity contribution is -0.139. The zero-order valence-electron chi connectivity index (χ0n) is 13.0. The molecular formula is C16H11Br2F2NO4. The van der Waals surface area contributed by atoms with Crippen LogP contribution in [0, 0.1) is 11.6 Å². The Hall–Kier alpha value is -2.00. The number of benzene rings is 1. The highest BCUT2D eigenvalue weighted by molar-refractivity contribution is 9.11. The van der Waals surface area contributed by atoms with Gasteiger partial charge in [0.15, 0.2) is 5.82 Å². The topological polar surface area (TPSA) is 55.8 Å². The van der Waals surface area contributed by atoms with Crippen molar-refractivity contribution in [3.05, 3.63) is 62.3 Å². The zero-order valence-corrected chi connectivity index (χ0v) is 16.2. The van der Waals surface area contributed by atoms with Gasteiger partial charge in [0, 0.05) is 6.20 Å². The Balaban J connectivity index is 2.81. The van der Waals surface area contributed by atoms with E-state index in [0.717, 1.165) is 25.2 Å². The van der Waals surface area contributed by atoms with Crippen molar-refractivity contribution in [3.63, 3.8) is 0 Å². The predicted octanol–water partition coefficient (Wildman–Crippen LogP) is 3.98. The Labute approximate surface area is 158 Å². The number of nitrogens with zero attached hydrogens (tertiary/aromatic N) is 1. The monoisotopic (exact) mass is 477 g/mol. The lowest BCUT2D eigenvalue weighted by atomic mass is 10.1. The van der Waals surface area contributed by atoms with Crippen molar-refractivity contribution in [2.24, 2.45) is 0 Å². The maximum atomic E-state index is 14.5. The van der Waals surface area contributed by atoms with E-state index in [1.807, 2.05) is 0 Å². The number of esters is 2. The lowest BCUT2D eigenvalue weighted by Gasteiger charge is -2.25. The third-order valence-electron chi connectivity index (χ3n) is 3.22. The molecule has 0 saturated heterocycles. The van der Waals surface area contributed by atoms with Gasteiger partial charge in [-0.25, -0.2) is 18.4 Å². The van der Waals surface area contributed by atoms with E-state index in [1.54, 1.807) is 0 Å². The third-order valence-corrected chi connectivity index (χ3v) is 4.52. The highest BCUT2D eigenvalue weighted by Gasteiger charge is 2.31. The molecule has 0 spiro atoms. The number of hydrogen-bond acceptors (Lipinski definition) is 5. The quantitative estimate of drug-likeness (QED) is 0.373. The van der Waals surface area contributed by atoms with E-state index < -0.39 is 23.6 Å². The molecule has 132 valence electrons. The molecule has 0 unspecified atom stereocenters. The molecular weight excluding hydrogens is 468 g/mol. The molecule has 0 fully saturated rings. The Bertz CT molecular complexity index is 834. The number of allylic oxidation sites excluding steroid dienone is 2. The van der Waals surface area contributed by atoms with Gasteiger partial charge in [-0.15, -0.1) is 0 Å². The number of carbonyl (C=O) groups excluding carboxylic acids is 2. The maximum Gasteiger partial charge on any atom is 0.355 e. The second kappa shape index (κ2) is 7.92. The summed E-state index contributed by atoms with van der Waals surface area (Å²) >= 11 is 5.89. The van der Waals surface area contributed by atoms with Crippen LogP contribution in [0.4, 0.5) is 14.5 Å². The smallest absolute Gasteiger partial charge is 0.355 e. The molecule has 1 aromatic carbocycles. The molecule has 0 radical (unpaired) electrons. The molecule has 1 aliphatic heterocycles. The number of hydrogen-bond donors (Lipinski definition) is 0. The molecule has 0 aliphatic carbocycles. The van der Waals surface area contributed by atoms with Crippen LogP contribution in [0.2, 0.25) is 0 Å². The highest BCUT2D eigenvalue weighted by atomic mass is 79.9. The van der Waals surface area contributed by atoms with Crippen molar-refractivity contribution >= 4 is 49.5 Å². The van der Waals surface area contributed by atoms with Crippen LogP contribution in [0.1, 0.15) is 0 Å². The molecule has 25 heavy (non-hydrogen) atoms. The molecule has 2 rings (SSSR count). The molecule has 0 atom stereocenters. The van der Waals surface area contributed by atoms with Gasteiger partial charge >= 0.3 is 11.9 Å². The van der Waals surface area contributed by atoms with E-state index in [1.165, 1.54) is 24.4 Å². The summed E-state index contributed by atoms with van der Waals surface area (Å²) in [5, 5.41) is 0. The van der Waals surface area contributed by atoms with Crippen molar-refractivity contribution in [1.29, 1.82) is 0 Å². The summed E-state index contributed by atoms with van der Waals surface area (Å²) in [4.78, 5) is 25.3. The van der Waals surface area contributed by atoms with Crippen molar-refractivity contribution < 1.29 is 27.8 Å². The molecule has 5 nitrogen and oxygen atoms in total. The van der Waals surface area contributed by atoms with E-state index in [4.69, 9.17) is 4.74 Å². The van der Waals surface area contributed by atoms with Gasteiger partial charge in [0.1, 0.15) is 11.5 Å². The van der Waals surface area contributed by atoms with Crippen molar-refractivity contribution in [1.82, 2.24) is 0 Å².